The predicted molar refractivity (Wildman–Crippen MR) is 86.9 cm³/mol. The fraction of sp³-hybridized carbons (Fsp3) is 0.625. The van der Waals surface area contributed by atoms with Crippen molar-refractivity contribution < 1.29 is 32.6 Å². The van der Waals surface area contributed by atoms with E-state index >= 15 is 0 Å². The average Bonchev–Trinajstić information content (AvgIpc) is 2.62. The van der Waals surface area contributed by atoms with Crippen molar-refractivity contribution in [3.8, 4) is 0 Å². The van der Waals surface area contributed by atoms with Gasteiger partial charge in [0.25, 0.3) is 5.91 Å². The van der Waals surface area contributed by atoms with Crippen LogP contribution < -0.4 is 5.32 Å². The van der Waals surface area contributed by atoms with Crippen LogP contribution in [-0.4, -0.2) is 77.1 Å². The third-order valence-corrected chi connectivity index (χ3v) is 4.35. The Kier molecular flexibility index (Phi) is 7.08. The summed E-state index contributed by atoms with van der Waals surface area (Å²) in [5.41, 5.74) is 0.542. The van der Waals surface area contributed by atoms with Gasteiger partial charge in [-0.1, -0.05) is 0 Å². The number of halogens is 3. The van der Waals surface area contributed by atoms with Gasteiger partial charge in [-0.2, -0.15) is 23.4 Å². The third-order valence-electron chi connectivity index (χ3n) is 4.35. The first kappa shape index (κ1) is 21.0. The summed E-state index contributed by atoms with van der Waals surface area (Å²) in [6.45, 7) is 2.67. The number of hydrogen-bond donors (Lipinski definition) is 2. The van der Waals surface area contributed by atoms with Crippen molar-refractivity contribution in [2.75, 3.05) is 26.7 Å². The number of hydrogen-bond acceptors (Lipinski definition) is 6. The second-order valence-corrected chi connectivity index (χ2v) is 6.47. The molecule has 1 amide bonds. The molecule has 2 saturated heterocycles. The Morgan fingerprint density at radius 1 is 1.33 bits per heavy atom. The van der Waals surface area contributed by atoms with E-state index in [0.29, 0.717) is 11.5 Å². The number of nitrogens with zero attached hydrogens (tertiary/aromatic N) is 3. The predicted octanol–water partition coefficient (Wildman–Crippen LogP) is 0.949. The van der Waals surface area contributed by atoms with Crippen LogP contribution in [-0.2, 0) is 9.53 Å². The van der Waals surface area contributed by atoms with Gasteiger partial charge in [-0.15, -0.1) is 0 Å². The number of aliphatic carboxylic acids is 1. The molecular formula is C16H21F3N4O4. The van der Waals surface area contributed by atoms with Crippen molar-refractivity contribution in [1.29, 1.82) is 0 Å². The zero-order valence-electron chi connectivity index (χ0n) is 14.6. The monoisotopic (exact) mass is 390 g/mol. The van der Waals surface area contributed by atoms with E-state index in [9.17, 15) is 18.0 Å². The zero-order chi connectivity index (χ0) is 20.0. The molecule has 3 rings (SSSR count). The molecule has 0 aliphatic carbocycles. The van der Waals surface area contributed by atoms with Gasteiger partial charge in [0.05, 0.1) is 30.1 Å². The molecular weight excluding hydrogens is 369 g/mol. The zero-order valence-corrected chi connectivity index (χ0v) is 14.6. The molecule has 2 aliphatic rings. The van der Waals surface area contributed by atoms with Crippen molar-refractivity contribution >= 4 is 11.9 Å². The Bertz CT molecular complexity index is 644. The van der Waals surface area contributed by atoms with Gasteiger partial charge in [0, 0.05) is 19.7 Å². The topological polar surface area (TPSA) is 105 Å². The number of fused-ring (bicyclic) bond motifs is 1. The van der Waals surface area contributed by atoms with Gasteiger partial charge >= 0.3 is 12.1 Å². The second-order valence-electron chi connectivity index (χ2n) is 6.47. The number of carbonyl (C=O) groups is 2. The molecule has 2 aliphatic heterocycles. The van der Waals surface area contributed by atoms with Crippen LogP contribution in [0, 0.1) is 5.92 Å². The summed E-state index contributed by atoms with van der Waals surface area (Å²) in [6, 6.07) is 1.72. The van der Waals surface area contributed by atoms with Crippen LogP contribution in [0.25, 0.3) is 0 Å². The summed E-state index contributed by atoms with van der Waals surface area (Å²) < 4.78 is 37.6. The summed E-state index contributed by atoms with van der Waals surface area (Å²) in [6.07, 6.45) is 0.365. The van der Waals surface area contributed by atoms with Crippen LogP contribution in [0.5, 0.6) is 0 Å². The molecule has 0 radical (unpaired) electrons. The van der Waals surface area contributed by atoms with E-state index in [1.54, 1.807) is 6.07 Å². The molecule has 150 valence electrons. The van der Waals surface area contributed by atoms with Gasteiger partial charge in [0.15, 0.2) is 0 Å². The fourth-order valence-corrected chi connectivity index (χ4v) is 3.22. The van der Waals surface area contributed by atoms with Crippen molar-refractivity contribution in [3.63, 3.8) is 0 Å². The SMILES string of the molecule is CN1C[C@@H]2CCCO[C@@H]2[C@H](NC(=O)c2ccnnc2)C1.O=C(O)C(F)(F)F. The second kappa shape index (κ2) is 9.09. The highest BCUT2D eigenvalue weighted by atomic mass is 19.4. The molecule has 0 unspecified atom stereocenters. The summed E-state index contributed by atoms with van der Waals surface area (Å²) >= 11 is 0. The number of alkyl halides is 3. The van der Waals surface area contributed by atoms with Crippen LogP contribution in [0.3, 0.4) is 0 Å². The van der Waals surface area contributed by atoms with Crippen molar-refractivity contribution in [2.45, 2.75) is 31.2 Å². The Labute approximate surface area is 153 Å². The minimum atomic E-state index is -5.08. The number of likely N-dealkylation sites (tertiary alicyclic amines) is 1. The van der Waals surface area contributed by atoms with Gasteiger partial charge in [0.2, 0.25) is 0 Å². The lowest BCUT2D eigenvalue weighted by Crippen LogP contribution is -2.60. The number of amides is 1. The first-order valence-corrected chi connectivity index (χ1v) is 8.36. The lowest BCUT2D eigenvalue weighted by atomic mass is 9.85. The quantitative estimate of drug-likeness (QED) is 0.775. The van der Waals surface area contributed by atoms with Crippen LogP contribution in [0.1, 0.15) is 23.2 Å². The summed E-state index contributed by atoms with van der Waals surface area (Å²) in [7, 11) is 2.10. The molecule has 8 nitrogen and oxygen atoms in total. The first-order chi connectivity index (χ1) is 12.7. The van der Waals surface area contributed by atoms with Crippen molar-refractivity contribution in [2.24, 2.45) is 5.92 Å². The lowest BCUT2D eigenvalue weighted by molar-refractivity contribution is -0.192. The molecule has 0 saturated carbocycles. The molecule has 2 fully saturated rings. The normalized spacial score (nSPS) is 25.6. The molecule has 1 aromatic heterocycles. The molecule has 11 heteroatoms. The number of ether oxygens (including phenoxy) is 1. The number of piperidine rings is 1. The Morgan fingerprint density at radius 2 is 2.04 bits per heavy atom. The maximum Gasteiger partial charge on any atom is 0.490 e. The summed E-state index contributed by atoms with van der Waals surface area (Å²) in [4.78, 5) is 23.4. The number of carboxylic acid groups (broad SMARTS) is 1. The van der Waals surface area contributed by atoms with Crippen molar-refractivity contribution in [3.05, 3.63) is 24.0 Å². The maximum atomic E-state index is 12.2. The minimum absolute atomic E-state index is 0.0414. The molecule has 3 heterocycles. The largest absolute Gasteiger partial charge is 0.490 e. The van der Waals surface area contributed by atoms with Crippen LogP contribution in [0.4, 0.5) is 13.2 Å². The lowest BCUT2D eigenvalue weighted by Gasteiger charge is -2.44. The van der Waals surface area contributed by atoms with E-state index in [-0.39, 0.29) is 18.1 Å². The highest BCUT2D eigenvalue weighted by molar-refractivity contribution is 5.94. The summed E-state index contributed by atoms with van der Waals surface area (Å²) in [5, 5.41) is 17.6. The molecule has 0 bridgehead atoms. The van der Waals surface area contributed by atoms with E-state index in [0.717, 1.165) is 26.1 Å². The number of likely N-dealkylation sites (N-methyl/N-ethyl adjacent to an activating group) is 1. The van der Waals surface area contributed by atoms with E-state index in [1.165, 1.54) is 18.8 Å². The Hall–Kier alpha value is -2.27. The van der Waals surface area contributed by atoms with Crippen molar-refractivity contribution in [1.82, 2.24) is 20.4 Å². The van der Waals surface area contributed by atoms with Crippen LogP contribution in [0.15, 0.2) is 18.5 Å². The molecule has 1 aromatic rings. The van der Waals surface area contributed by atoms with E-state index < -0.39 is 12.1 Å². The van der Waals surface area contributed by atoms with Gasteiger partial charge in [-0.05, 0) is 31.9 Å². The van der Waals surface area contributed by atoms with E-state index in [2.05, 4.69) is 27.5 Å². The van der Waals surface area contributed by atoms with Crippen LogP contribution in [0.2, 0.25) is 0 Å². The Morgan fingerprint density at radius 3 is 2.63 bits per heavy atom. The standard InChI is InChI=1S/C14H20N4O2.C2HF3O2/c1-18-8-11-3-2-6-20-13(11)12(9-18)17-14(19)10-4-5-15-16-7-10;3-2(4,5)1(6)7/h4-5,7,11-13H,2-3,6,8-9H2,1H3,(H,17,19);(H,6,7)/t11-,12+,13-;/m0./s1. The summed E-state index contributed by atoms with van der Waals surface area (Å²) in [5.74, 6) is -2.34. The fourth-order valence-electron chi connectivity index (χ4n) is 3.22. The highest BCUT2D eigenvalue weighted by Gasteiger charge is 2.39. The van der Waals surface area contributed by atoms with Gasteiger partial charge < -0.3 is 20.1 Å². The molecule has 3 atom stereocenters. The first-order valence-electron chi connectivity index (χ1n) is 8.36. The molecule has 0 aromatic carbocycles. The number of carbonyl (C=O) groups excluding carboxylic acids is 1. The highest BCUT2D eigenvalue weighted by Crippen LogP contribution is 2.28. The Balaban J connectivity index is 0.000000321. The number of aromatic nitrogens is 2. The van der Waals surface area contributed by atoms with Gasteiger partial charge in [-0.25, -0.2) is 4.79 Å². The van der Waals surface area contributed by atoms with E-state index in [1.807, 2.05) is 0 Å². The smallest absolute Gasteiger partial charge is 0.475 e. The maximum absolute atomic E-state index is 12.2. The van der Waals surface area contributed by atoms with Crippen LogP contribution >= 0.6 is 0 Å². The average molecular weight is 390 g/mol. The number of nitrogens with one attached hydrogen (secondary N) is 1. The molecule has 0 spiro atoms. The molecule has 27 heavy (non-hydrogen) atoms. The third kappa shape index (κ3) is 6.14. The minimum Gasteiger partial charge on any atom is -0.475 e. The number of rotatable bonds is 2. The van der Waals surface area contributed by atoms with Gasteiger partial charge in [-0.3, -0.25) is 4.79 Å². The molecule has 2 N–H and O–H groups in total. The van der Waals surface area contributed by atoms with E-state index in [4.69, 9.17) is 14.6 Å². The van der Waals surface area contributed by atoms with Gasteiger partial charge in [0.1, 0.15) is 0 Å². The number of carboxylic acids is 1.